The fourth-order valence-corrected chi connectivity index (χ4v) is 7.93. The Morgan fingerprint density at radius 3 is 2.87 bits per heavy atom. The van der Waals surface area contributed by atoms with Crippen molar-refractivity contribution in [2.24, 2.45) is 11.0 Å². The van der Waals surface area contributed by atoms with E-state index < -0.39 is 0 Å². The molecule has 0 radical (unpaired) electrons. The monoisotopic (exact) mass is 546 g/mol. The molecule has 0 bridgehead atoms. The van der Waals surface area contributed by atoms with Crippen molar-refractivity contribution in [1.82, 2.24) is 15.0 Å². The van der Waals surface area contributed by atoms with E-state index in [0.717, 1.165) is 83.5 Å². The van der Waals surface area contributed by atoms with Gasteiger partial charge in [-0.1, -0.05) is 11.8 Å². The molecule has 1 saturated carbocycles. The van der Waals surface area contributed by atoms with Crippen LogP contribution in [0.2, 0.25) is 0 Å². The van der Waals surface area contributed by atoms with Crippen molar-refractivity contribution >= 4 is 51.0 Å². The number of furan rings is 2. The van der Waals surface area contributed by atoms with Crippen LogP contribution < -0.4 is 5.56 Å². The van der Waals surface area contributed by atoms with Crippen molar-refractivity contribution in [2.75, 3.05) is 5.75 Å². The number of thiophene rings is 1. The number of thioether (sulfide) groups is 1. The van der Waals surface area contributed by atoms with E-state index in [-0.39, 0.29) is 29.2 Å². The predicted molar refractivity (Wildman–Crippen MR) is 147 cm³/mol. The van der Waals surface area contributed by atoms with E-state index in [1.807, 2.05) is 30.3 Å². The molecule has 2 aliphatic carbocycles. The highest BCUT2D eigenvalue weighted by Crippen LogP contribution is 2.45. The number of hydrogen-bond donors (Lipinski definition) is 1. The molecule has 1 amide bonds. The Bertz CT molecular complexity index is 1610. The van der Waals surface area contributed by atoms with Crippen LogP contribution in [0, 0.1) is 5.92 Å². The van der Waals surface area contributed by atoms with Gasteiger partial charge in [-0.15, -0.1) is 11.3 Å². The van der Waals surface area contributed by atoms with E-state index in [1.165, 1.54) is 16.6 Å². The zero-order chi connectivity index (χ0) is 25.6. The van der Waals surface area contributed by atoms with Crippen LogP contribution in [0.3, 0.4) is 0 Å². The molecule has 10 heteroatoms. The summed E-state index contributed by atoms with van der Waals surface area (Å²) in [5, 5.41) is 7.63. The summed E-state index contributed by atoms with van der Waals surface area (Å²) in [4.78, 5) is 36.2. The van der Waals surface area contributed by atoms with Gasteiger partial charge in [-0.05, 0) is 86.4 Å². The highest BCUT2D eigenvalue weighted by molar-refractivity contribution is 7.99. The fraction of sp³-hybridized carbons (Fsp3) is 0.357. The van der Waals surface area contributed by atoms with E-state index in [0.29, 0.717) is 5.16 Å². The number of aryl methyl sites for hydroxylation is 2. The molecule has 0 unspecified atom stereocenters. The molecule has 4 aromatic rings. The standard InChI is InChI=1S/C28H26N4O4S2/c33-22(15-37-28-29-26(34)23-18-8-1-2-11-21(18)38-27(23)30-28)32-25(20-10-5-13-36-20)19-9-3-6-16(24(19)31-32)14-17-7-4-12-35-17/h4-5,7,10,12-14,19,25H,1-3,6,8-9,11,15H2,(H,29,30,34)/b16-14-/t19-,25+/m1/s1. The smallest absolute Gasteiger partial charge is 0.260 e. The number of hydrazone groups is 1. The van der Waals surface area contributed by atoms with Crippen LogP contribution >= 0.6 is 23.1 Å². The third-order valence-corrected chi connectivity index (χ3v) is 9.63. The molecule has 3 aliphatic rings. The van der Waals surface area contributed by atoms with Crippen LogP contribution in [0.4, 0.5) is 0 Å². The van der Waals surface area contributed by atoms with Crippen molar-refractivity contribution in [1.29, 1.82) is 0 Å². The van der Waals surface area contributed by atoms with Gasteiger partial charge in [0.2, 0.25) is 0 Å². The molecular weight excluding hydrogens is 520 g/mol. The van der Waals surface area contributed by atoms with Gasteiger partial charge in [0.1, 0.15) is 22.4 Å². The number of fused-ring (bicyclic) bond motifs is 4. The van der Waals surface area contributed by atoms with Crippen molar-refractivity contribution in [3.05, 3.63) is 74.7 Å². The average molecular weight is 547 g/mol. The minimum Gasteiger partial charge on any atom is -0.467 e. The van der Waals surface area contributed by atoms with Crippen LogP contribution in [-0.4, -0.2) is 32.3 Å². The molecule has 0 spiro atoms. The zero-order valence-electron chi connectivity index (χ0n) is 20.6. The van der Waals surface area contributed by atoms with E-state index in [2.05, 4.69) is 4.98 Å². The molecule has 4 aromatic heterocycles. The minimum absolute atomic E-state index is 0.0526. The lowest BCUT2D eigenvalue weighted by Gasteiger charge is -2.27. The highest BCUT2D eigenvalue weighted by atomic mass is 32.2. The Balaban J connectivity index is 1.16. The zero-order valence-corrected chi connectivity index (χ0v) is 22.3. The SMILES string of the molecule is O=C(CSc1nc2sc3c(c2c(=O)[nH]1)CCCC3)N1N=C2/C(=C\c3ccco3)CCC[C@H]2[C@H]1c1ccco1. The molecule has 5 heterocycles. The number of carbonyl (C=O) groups is 1. The lowest BCUT2D eigenvalue weighted by atomic mass is 9.79. The average Bonchev–Trinajstić information content (AvgIpc) is 3.72. The second kappa shape index (κ2) is 9.74. The molecule has 8 nitrogen and oxygen atoms in total. The van der Waals surface area contributed by atoms with Crippen LogP contribution in [0.1, 0.15) is 60.1 Å². The summed E-state index contributed by atoms with van der Waals surface area (Å²) in [5.41, 5.74) is 3.06. The first-order valence-corrected chi connectivity index (χ1v) is 14.8. The number of rotatable bonds is 5. The molecule has 7 rings (SSSR count). The molecule has 1 N–H and O–H groups in total. The van der Waals surface area contributed by atoms with Crippen LogP contribution in [0.15, 0.2) is 66.3 Å². The molecule has 194 valence electrons. The van der Waals surface area contributed by atoms with E-state index >= 15 is 0 Å². The van der Waals surface area contributed by atoms with Gasteiger partial charge in [0.15, 0.2) is 5.16 Å². The van der Waals surface area contributed by atoms with Gasteiger partial charge in [0.25, 0.3) is 11.5 Å². The van der Waals surface area contributed by atoms with Crippen LogP contribution in [-0.2, 0) is 17.6 Å². The van der Waals surface area contributed by atoms with Crippen molar-refractivity contribution < 1.29 is 13.6 Å². The topological polar surface area (TPSA) is 105 Å². The highest BCUT2D eigenvalue weighted by Gasteiger charge is 2.45. The van der Waals surface area contributed by atoms with Gasteiger partial charge in [-0.2, -0.15) is 5.10 Å². The largest absolute Gasteiger partial charge is 0.467 e. The van der Waals surface area contributed by atoms with Crippen molar-refractivity contribution in [3.8, 4) is 0 Å². The van der Waals surface area contributed by atoms with E-state index in [9.17, 15) is 9.59 Å². The first-order valence-electron chi connectivity index (χ1n) is 13.0. The fourth-order valence-electron chi connectivity index (χ4n) is 5.90. The minimum atomic E-state index is -0.299. The Hall–Kier alpha value is -3.37. The molecule has 0 saturated heterocycles. The maximum absolute atomic E-state index is 13.6. The van der Waals surface area contributed by atoms with Crippen molar-refractivity contribution in [3.63, 3.8) is 0 Å². The summed E-state index contributed by atoms with van der Waals surface area (Å²) in [5.74, 6) is 1.51. The van der Waals surface area contributed by atoms with Gasteiger partial charge < -0.3 is 13.8 Å². The number of allylic oxidation sites excluding steroid dienone is 1. The number of amides is 1. The second-order valence-electron chi connectivity index (χ2n) is 9.92. The van der Waals surface area contributed by atoms with Crippen molar-refractivity contribution in [2.45, 2.75) is 56.1 Å². The first-order chi connectivity index (χ1) is 18.7. The summed E-state index contributed by atoms with van der Waals surface area (Å²) in [6.45, 7) is 0. The molecule has 1 fully saturated rings. The summed E-state index contributed by atoms with van der Waals surface area (Å²) in [6, 6.07) is 7.24. The maximum atomic E-state index is 13.6. The van der Waals surface area contributed by atoms with Crippen LogP contribution in [0.5, 0.6) is 0 Å². The molecule has 38 heavy (non-hydrogen) atoms. The maximum Gasteiger partial charge on any atom is 0.260 e. The van der Waals surface area contributed by atoms with Gasteiger partial charge in [-0.3, -0.25) is 9.59 Å². The summed E-state index contributed by atoms with van der Waals surface area (Å²) >= 11 is 2.86. The number of H-pyrrole nitrogens is 1. The summed E-state index contributed by atoms with van der Waals surface area (Å²) in [6.07, 6.45) is 12.3. The Labute approximate surface area is 226 Å². The Morgan fingerprint density at radius 2 is 2.03 bits per heavy atom. The number of hydrogen-bond acceptors (Lipinski definition) is 8. The summed E-state index contributed by atoms with van der Waals surface area (Å²) < 4.78 is 11.3. The van der Waals surface area contributed by atoms with E-state index in [4.69, 9.17) is 18.9 Å². The van der Waals surface area contributed by atoms with Gasteiger partial charge in [0, 0.05) is 10.8 Å². The second-order valence-corrected chi connectivity index (χ2v) is 12.0. The molecule has 2 atom stereocenters. The Kier molecular flexibility index (Phi) is 6.08. The lowest BCUT2D eigenvalue weighted by Crippen LogP contribution is -2.32. The third kappa shape index (κ3) is 4.16. The number of nitrogens with one attached hydrogen (secondary N) is 1. The van der Waals surface area contributed by atoms with Crippen LogP contribution in [0.25, 0.3) is 16.3 Å². The first kappa shape index (κ1) is 23.7. The molecule has 1 aliphatic heterocycles. The number of nitrogens with zero attached hydrogens (tertiary/aromatic N) is 3. The third-order valence-electron chi connectivity index (χ3n) is 7.59. The summed E-state index contributed by atoms with van der Waals surface area (Å²) in [7, 11) is 0. The normalized spacial score (nSPS) is 22.1. The quantitative estimate of drug-likeness (QED) is 0.244. The van der Waals surface area contributed by atoms with E-state index in [1.54, 1.807) is 28.9 Å². The number of carbonyl (C=O) groups excluding carboxylic acids is 1. The van der Waals surface area contributed by atoms with Gasteiger partial charge in [0.05, 0.1) is 29.4 Å². The van der Waals surface area contributed by atoms with Gasteiger partial charge >= 0.3 is 0 Å². The molecule has 0 aromatic carbocycles. The number of aromatic nitrogens is 2. The van der Waals surface area contributed by atoms with Gasteiger partial charge in [-0.25, -0.2) is 9.99 Å². The lowest BCUT2D eigenvalue weighted by molar-refractivity contribution is -0.131. The number of aromatic amines is 1. The molecular formula is C28H26N4O4S2. The predicted octanol–water partition coefficient (Wildman–Crippen LogP) is 5.96. The Morgan fingerprint density at radius 1 is 1.16 bits per heavy atom.